The number of morpholine rings is 1. The van der Waals surface area contributed by atoms with Gasteiger partial charge in [-0.25, -0.2) is 8.42 Å². The van der Waals surface area contributed by atoms with Crippen molar-refractivity contribution in [2.75, 3.05) is 42.3 Å². The molecule has 3 aromatic carbocycles. The first-order valence-corrected chi connectivity index (χ1v) is 18.2. The summed E-state index contributed by atoms with van der Waals surface area (Å²) in [4.78, 5) is 15.6. The number of carbonyl (C=O) groups is 1. The first-order valence-electron chi connectivity index (χ1n) is 15.8. The van der Waals surface area contributed by atoms with Crippen molar-refractivity contribution in [2.45, 2.75) is 61.7 Å². The van der Waals surface area contributed by atoms with Crippen molar-refractivity contribution in [3.63, 3.8) is 0 Å². The number of thioether (sulfide) groups is 1. The van der Waals surface area contributed by atoms with Crippen LogP contribution in [0, 0.1) is 0 Å². The number of carbonyl (C=O) groups excluding carboxylic acids is 1. The van der Waals surface area contributed by atoms with Crippen LogP contribution in [0.25, 0.3) is 11.4 Å². The summed E-state index contributed by atoms with van der Waals surface area (Å²) in [6, 6.07) is 25.5. The molecule has 6 rings (SSSR count). The van der Waals surface area contributed by atoms with E-state index in [0.717, 1.165) is 42.7 Å². The normalized spacial score (nSPS) is 16.2. The Balaban J connectivity index is 1.16. The van der Waals surface area contributed by atoms with Gasteiger partial charge in [0.1, 0.15) is 0 Å². The molecule has 1 amide bonds. The summed E-state index contributed by atoms with van der Waals surface area (Å²) in [5.41, 5.74) is 3.58. The number of sulfonamides is 1. The number of para-hydroxylation sites is 1. The number of benzene rings is 3. The summed E-state index contributed by atoms with van der Waals surface area (Å²) in [5, 5.41) is 12.7. The van der Waals surface area contributed by atoms with Crippen LogP contribution in [-0.2, 0) is 19.6 Å². The smallest absolute Gasteiger partial charge is 0.243 e. The summed E-state index contributed by atoms with van der Waals surface area (Å²) in [6.07, 6.45) is 4.18. The van der Waals surface area contributed by atoms with Gasteiger partial charge < -0.3 is 15.0 Å². The van der Waals surface area contributed by atoms with Gasteiger partial charge in [0.25, 0.3) is 0 Å². The van der Waals surface area contributed by atoms with Crippen LogP contribution < -0.4 is 10.2 Å². The van der Waals surface area contributed by atoms with Crippen molar-refractivity contribution >= 4 is 44.8 Å². The minimum atomic E-state index is -3.66. The van der Waals surface area contributed by atoms with Crippen molar-refractivity contribution in [3.05, 3.63) is 78.9 Å². The summed E-state index contributed by atoms with van der Waals surface area (Å²) >= 11 is 1.35. The molecular formula is C34H40N6O4S2. The molecule has 12 heteroatoms. The molecule has 10 nitrogen and oxygen atoms in total. The average Bonchev–Trinajstić information content (AvgIpc) is 3.76. The second-order valence-electron chi connectivity index (χ2n) is 11.8. The number of hydrogen-bond donors (Lipinski definition) is 1. The lowest BCUT2D eigenvalue weighted by molar-refractivity contribution is -0.113. The highest BCUT2D eigenvalue weighted by atomic mass is 32.2. The number of anilines is 3. The number of nitrogens with one attached hydrogen (secondary N) is 1. The van der Waals surface area contributed by atoms with Gasteiger partial charge >= 0.3 is 0 Å². The number of amides is 1. The zero-order chi connectivity index (χ0) is 32.1. The molecule has 1 N–H and O–H groups in total. The number of rotatable bonds is 11. The molecule has 46 heavy (non-hydrogen) atoms. The van der Waals surface area contributed by atoms with Gasteiger partial charge in [-0.3, -0.25) is 9.36 Å². The third-order valence-corrected chi connectivity index (χ3v) is 11.2. The predicted molar refractivity (Wildman–Crippen MR) is 182 cm³/mol. The largest absolute Gasteiger partial charge is 0.379 e. The molecule has 1 aromatic heterocycles. The van der Waals surface area contributed by atoms with Crippen LogP contribution in [0.3, 0.4) is 0 Å². The molecule has 2 fully saturated rings. The van der Waals surface area contributed by atoms with Crippen molar-refractivity contribution in [1.82, 2.24) is 19.1 Å². The maximum absolute atomic E-state index is 13.4. The minimum Gasteiger partial charge on any atom is -0.379 e. The van der Waals surface area contributed by atoms with E-state index < -0.39 is 10.0 Å². The van der Waals surface area contributed by atoms with Gasteiger partial charge in [-0.15, -0.1) is 10.2 Å². The summed E-state index contributed by atoms with van der Waals surface area (Å²) < 4.78 is 35.7. The van der Waals surface area contributed by atoms with E-state index in [4.69, 9.17) is 4.74 Å². The SMILES string of the molecule is CC(C)N(c1ccccc1)c1ccc(NC(=O)CSc2nnc(-c3cccc(S(=O)(=O)N4CCOCC4)c3)n2C2CCCC2)cc1. The fraction of sp³-hybridized carbons (Fsp3) is 0.382. The van der Waals surface area contributed by atoms with E-state index in [2.05, 4.69) is 51.0 Å². The van der Waals surface area contributed by atoms with Gasteiger partial charge in [-0.1, -0.05) is 54.9 Å². The Hall–Kier alpha value is -3.71. The zero-order valence-corrected chi connectivity index (χ0v) is 27.8. The van der Waals surface area contributed by atoms with Gasteiger partial charge in [-0.2, -0.15) is 4.31 Å². The van der Waals surface area contributed by atoms with Gasteiger partial charge in [0.15, 0.2) is 11.0 Å². The van der Waals surface area contributed by atoms with E-state index in [1.807, 2.05) is 48.5 Å². The lowest BCUT2D eigenvalue weighted by atomic mass is 10.2. The van der Waals surface area contributed by atoms with E-state index in [0.29, 0.717) is 42.8 Å². The standard InChI is InChI=1S/C34H40N6O4S2/c1-25(2)39(28-10-4-3-5-11-28)30-17-15-27(16-18-30)35-32(41)24-45-34-37-36-33(40(34)29-12-6-7-13-29)26-9-8-14-31(23-26)46(42,43)38-19-21-44-22-20-38/h3-5,8-11,14-18,23,25,29H,6-7,12-13,19-22,24H2,1-2H3,(H,35,41). The summed E-state index contributed by atoms with van der Waals surface area (Å²) in [5.74, 6) is 0.653. The highest BCUT2D eigenvalue weighted by Crippen LogP contribution is 2.37. The fourth-order valence-electron chi connectivity index (χ4n) is 6.16. The quantitative estimate of drug-likeness (QED) is 0.185. The van der Waals surface area contributed by atoms with Crippen LogP contribution in [0.1, 0.15) is 45.6 Å². The van der Waals surface area contributed by atoms with Crippen molar-refractivity contribution in [2.24, 2.45) is 0 Å². The molecule has 1 saturated carbocycles. The van der Waals surface area contributed by atoms with Crippen LogP contribution >= 0.6 is 11.8 Å². The van der Waals surface area contributed by atoms with Crippen molar-refractivity contribution in [1.29, 1.82) is 0 Å². The maximum Gasteiger partial charge on any atom is 0.243 e. The Morgan fingerprint density at radius 1 is 0.957 bits per heavy atom. The summed E-state index contributed by atoms with van der Waals surface area (Å²) in [6.45, 7) is 5.75. The molecule has 0 spiro atoms. The van der Waals surface area contributed by atoms with Crippen molar-refractivity contribution < 1.29 is 17.9 Å². The Kier molecular flexibility index (Phi) is 10.1. The monoisotopic (exact) mass is 660 g/mol. The maximum atomic E-state index is 13.4. The van der Waals surface area contributed by atoms with Gasteiger partial charge in [-0.05, 0) is 75.2 Å². The molecule has 2 heterocycles. The second-order valence-corrected chi connectivity index (χ2v) is 14.7. The van der Waals surface area contributed by atoms with Gasteiger partial charge in [0.05, 0.1) is 23.9 Å². The topological polar surface area (TPSA) is 110 Å². The van der Waals surface area contributed by atoms with E-state index >= 15 is 0 Å². The Bertz CT molecular complexity index is 1730. The van der Waals surface area contributed by atoms with E-state index in [1.54, 1.807) is 18.2 Å². The molecule has 0 atom stereocenters. The average molecular weight is 661 g/mol. The predicted octanol–water partition coefficient (Wildman–Crippen LogP) is 6.36. The molecule has 242 valence electrons. The highest BCUT2D eigenvalue weighted by Gasteiger charge is 2.29. The molecule has 0 unspecified atom stereocenters. The van der Waals surface area contributed by atoms with E-state index in [1.165, 1.54) is 16.1 Å². The van der Waals surface area contributed by atoms with Crippen LogP contribution in [0.15, 0.2) is 88.9 Å². The van der Waals surface area contributed by atoms with E-state index in [9.17, 15) is 13.2 Å². The highest BCUT2D eigenvalue weighted by molar-refractivity contribution is 7.99. The molecule has 1 aliphatic heterocycles. The number of hydrogen-bond acceptors (Lipinski definition) is 8. The van der Waals surface area contributed by atoms with Crippen LogP contribution in [0.5, 0.6) is 0 Å². The molecule has 1 aliphatic carbocycles. The van der Waals surface area contributed by atoms with Gasteiger partial charge in [0.2, 0.25) is 15.9 Å². The van der Waals surface area contributed by atoms with Gasteiger partial charge in [0, 0.05) is 47.8 Å². The Morgan fingerprint density at radius 3 is 2.35 bits per heavy atom. The first-order chi connectivity index (χ1) is 22.3. The second kappa shape index (κ2) is 14.4. The molecule has 0 radical (unpaired) electrons. The summed E-state index contributed by atoms with van der Waals surface area (Å²) in [7, 11) is -3.66. The third-order valence-electron chi connectivity index (χ3n) is 8.37. The molecule has 4 aromatic rings. The number of ether oxygens (including phenoxy) is 1. The molecule has 2 aliphatic rings. The lowest BCUT2D eigenvalue weighted by Gasteiger charge is -2.29. The minimum absolute atomic E-state index is 0.136. The number of nitrogens with zero attached hydrogens (tertiary/aromatic N) is 5. The molecule has 1 saturated heterocycles. The third kappa shape index (κ3) is 7.15. The zero-order valence-electron chi connectivity index (χ0n) is 26.2. The fourth-order valence-corrected chi connectivity index (χ4v) is 8.42. The molecule has 0 bridgehead atoms. The lowest BCUT2D eigenvalue weighted by Crippen LogP contribution is -2.40. The van der Waals surface area contributed by atoms with Crippen molar-refractivity contribution in [3.8, 4) is 11.4 Å². The van der Waals surface area contributed by atoms with Crippen LogP contribution in [-0.4, -0.2) is 71.5 Å². The Morgan fingerprint density at radius 2 is 1.65 bits per heavy atom. The number of aromatic nitrogens is 3. The first kappa shape index (κ1) is 32.2. The molecular weight excluding hydrogens is 621 g/mol. The van der Waals surface area contributed by atoms with Crippen LogP contribution in [0.2, 0.25) is 0 Å². The van der Waals surface area contributed by atoms with Crippen LogP contribution in [0.4, 0.5) is 17.1 Å². The Labute approximate surface area is 275 Å². The van der Waals surface area contributed by atoms with E-state index in [-0.39, 0.29) is 28.6 Å².